The highest BCUT2D eigenvalue weighted by Crippen LogP contribution is 2.27. The fourth-order valence-electron chi connectivity index (χ4n) is 3.42. The fourth-order valence-corrected chi connectivity index (χ4v) is 3.42. The van der Waals surface area contributed by atoms with E-state index in [1.54, 1.807) is 42.6 Å². The minimum atomic E-state index is -0.717. The van der Waals surface area contributed by atoms with Crippen molar-refractivity contribution in [3.8, 4) is 0 Å². The number of methoxy groups -OCH3 is 3. The van der Waals surface area contributed by atoms with Gasteiger partial charge < -0.3 is 24.4 Å². The number of rotatable bonds is 8. The molecule has 1 N–H and O–H groups in total. The zero-order valence-electron chi connectivity index (χ0n) is 19.7. The van der Waals surface area contributed by atoms with E-state index in [4.69, 9.17) is 14.2 Å². The highest BCUT2D eigenvalue weighted by Gasteiger charge is 2.27. The lowest BCUT2D eigenvalue weighted by atomic mass is 10.1. The SMILES string of the molecule is COC(=O)C1=C(C(=O)OC)N(c2ccc(CNc3ccc([N+](=O)[O-])cc3C(=O)OC)cc2)C=CC=C1. The molecule has 1 aliphatic heterocycles. The van der Waals surface area contributed by atoms with E-state index in [-0.39, 0.29) is 29.1 Å². The van der Waals surface area contributed by atoms with Crippen LogP contribution in [0, 0.1) is 10.1 Å². The molecule has 0 unspecified atom stereocenters. The van der Waals surface area contributed by atoms with Gasteiger partial charge in [-0.15, -0.1) is 0 Å². The molecule has 11 nitrogen and oxygen atoms in total. The van der Waals surface area contributed by atoms with E-state index >= 15 is 0 Å². The zero-order chi connectivity index (χ0) is 26.2. The first-order valence-electron chi connectivity index (χ1n) is 10.5. The Morgan fingerprint density at radius 2 is 1.58 bits per heavy atom. The lowest BCUT2D eigenvalue weighted by Crippen LogP contribution is -2.26. The number of nitro groups is 1. The van der Waals surface area contributed by atoms with Crippen molar-refractivity contribution in [1.29, 1.82) is 0 Å². The Kier molecular flexibility index (Phi) is 8.18. The van der Waals surface area contributed by atoms with Crippen LogP contribution in [0.1, 0.15) is 15.9 Å². The van der Waals surface area contributed by atoms with Gasteiger partial charge in [-0.1, -0.05) is 18.2 Å². The summed E-state index contributed by atoms with van der Waals surface area (Å²) in [4.78, 5) is 48.9. The van der Waals surface area contributed by atoms with Gasteiger partial charge in [-0.2, -0.15) is 0 Å². The first-order chi connectivity index (χ1) is 17.3. The van der Waals surface area contributed by atoms with Crippen LogP contribution in [0.5, 0.6) is 0 Å². The molecule has 0 atom stereocenters. The predicted molar refractivity (Wildman–Crippen MR) is 130 cm³/mol. The van der Waals surface area contributed by atoms with Gasteiger partial charge in [0.1, 0.15) is 5.70 Å². The summed E-state index contributed by atoms with van der Waals surface area (Å²) in [5.74, 6) is -2.11. The summed E-state index contributed by atoms with van der Waals surface area (Å²) in [5.41, 5.74) is 1.59. The van der Waals surface area contributed by atoms with Crippen LogP contribution in [0.2, 0.25) is 0 Å². The molecule has 0 bridgehead atoms. The highest BCUT2D eigenvalue weighted by molar-refractivity contribution is 6.05. The van der Waals surface area contributed by atoms with Crippen LogP contribution in [0.25, 0.3) is 0 Å². The van der Waals surface area contributed by atoms with Crippen molar-refractivity contribution < 1.29 is 33.5 Å². The number of carbonyl (C=O) groups is 3. The van der Waals surface area contributed by atoms with Crippen molar-refractivity contribution >= 4 is 35.0 Å². The molecule has 1 heterocycles. The topological polar surface area (TPSA) is 137 Å². The van der Waals surface area contributed by atoms with Crippen LogP contribution in [0.3, 0.4) is 0 Å². The number of hydrogen-bond donors (Lipinski definition) is 1. The largest absolute Gasteiger partial charge is 0.465 e. The first kappa shape index (κ1) is 25.7. The van der Waals surface area contributed by atoms with E-state index in [2.05, 4.69) is 5.32 Å². The van der Waals surface area contributed by atoms with Gasteiger partial charge in [-0.3, -0.25) is 10.1 Å². The Bertz CT molecular complexity index is 1280. The molecule has 36 heavy (non-hydrogen) atoms. The number of carbonyl (C=O) groups excluding carboxylic acids is 3. The van der Waals surface area contributed by atoms with Crippen molar-refractivity contribution in [2.75, 3.05) is 31.5 Å². The van der Waals surface area contributed by atoms with E-state index < -0.39 is 22.8 Å². The number of esters is 3. The normalized spacial score (nSPS) is 12.6. The van der Waals surface area contributed by atoms with Crippen molar-refractivity contribution in [2.24, 2.45) is 0 Å². The van der Waals surface area contributed by atoms with Crippen molar-refractivity contribution in [3.05, 3.63) is 99.4 Å². The van der Waals surface area contributed by atoms with E-state index in [0.717, 1.165) is 11.6 Å². The molecule has 0 aromatic heterocycles. The van der Waals surface area contributed by atoms with Crippen LogP contribution < -0.4 is 10.2 Å². The molecule has 2 aromatic carbocycles. The monoisotopic (exact) mass is 493 g/mol. The number of non-ortho nitro benzene ring substituents is 1. The van der Waals surface area contributed by atoms with Crippen LogP contribution in [-0.2, 0) is 30.3 Å². The molecular weight excluding hydrogens is 470 g/mol. The highest BCUT2D eigenvalue weighted by atomic mass is 16.6. The Balaban J connectivity index is 1.86. The van der Waals surface area contributed by atoms with Gasteiger partial charge in [-0.25, -0.2) is 14.4 Å². The van der Waals surface area contributed by atoms with E-state index in [1.165, 1.54) is 44.4 Å². The number of allylic oxidation sites excluding steroid dienone is 2. The van der Waals surface area contributed by atoms with E-state index in [1.807, 2.05) is 0 Å². The molecule has 0 saturated carbocycles. The van der Waals surface area contributed by atoms with Gasteiger partial charge in [0.05, 0.1) is 37.4 Å². The third kappa shape index (κ3) is 5.58. The Morgan fingerprint density at radius 1 is 0.917 bits per heavy atom. The average molecular weight is 493 g/mol. The van der Waals surface area contributed by atoms with E-state index in [9.17, 15) is 24.5 Å². The maximum atomic E-state index is 12.6. The summed E-state index contributed by atoms with van der Waals surface area (Å²) in [6.45, 7) is 0.284. The van der Waals surface area contributed by atoms with Gasteiger partial charge in [0.25, 0.3) is 5.69 Å². The third-order valence-electron chi connectivity index (χ3n) is 5.21. The van der Waals surface area contributed by atoms with Crippen LogP contribution in [0.4, 0.5) is 17.1 Å². The quantitative estimate of drug-likeness (QED) is 0.252. The van der Waals surface area contributed by atoms with Gasteiger partial charge in [0, 0.05) is 36.3 Å². The second-order valence-electron chi connectivity index (χ2n) is 7.31. The maximum absolute atomic E-state index is 12.6. The lowest BCUT2D eigenvalue weighted by molar-refractivity contribution is -0.384. The number of nitrogens with one attached hydrogen (secondary N) is 1. The first-order valence-corrected chi connectivity index (χ1v) is 10.5. The molecule has 186 valence electrons. The molecule has 11 heteroatoms. The molecule has 0 fully saturated rings. The van der Waals surface area contributed by atoms with Gasteiger partial charge >= 0.3 is 17.9 Å². The maximum Gasteiger partial charge on any atom is 0.355 e. The summed E-state index contributed by atoms with van der Waals surface area (Å²) in [7, 11) is 3.63. The molecule has 0 amide bonds. The van der Waals surface area contributed by atoms with Gasteiger partial charge in [-0.05, 0) is 35.9 Å². The number of ether oxygens (including phenoxy) is 3. The summed E-state index contributed by atoms with van der Waals surface area (Å²) < 4.78 is 14.4. The van der Waals surface area contributed by atoms with Crippen LogP contribution >= 0.6 is 0 Å². The molecule has 0 aliphatic carbocycles. The summed E-state index contributed by atoms with van der Waals surface area (Å²) in [6.07, 6.45) is 6.36. The number of nitrogens with zero attached hydrogens (tertiary/aromatic N) is 2. The molecule has 2 aromatic rings. The number of benzene rings is 2. The molecule has 3 rings (SSSR count). The minimum Gasteiger partial charge on any atom is -0.465 e. The summed E-state index contributed by atoms with van der Waals surface area (Å²) >= 11 is 0. The number of nitro benzene ring substituents is 1. The average Bonchev–Trinajstić information content (AvgIpc) is 3.13. The molecule has 0 saturated heterocycles. The summed E-state index contributed by atoms with van der Waals surface area (Å²) in [5, 5.41) is 14.1. The smallest absolute Gasteiger partial charge is 0.355 e. The fraction of sp³-hybridized carbons (Fsp3) is 0.160. The van der Waals surface area contributed by atoms with Crippen LogP contribution in [0.15, 0.2) is 78.2 Å². The Morgan fingerprint density at radius 3 is 2.19 bits per heavy atom. The van der Waals surface area contributed by atoms with Crippen molar-refractivity contribution in [2.45, 2.75) is 6.54 Å². The Labute approximate surface area is 206 Å². The number of anilines is 2. The van der Waals surface area contributed by atoms with Gasteiger partial charge in [0.15, 0.2) is 0 Å². The second kappa shape index (κ2) is 11.5. The molecule has 1 aliphatic rings. The lowest BCUT2D eigenvalue weighted by Gasteiger charge is -2.23. The van der Waals surface area contributed by atoms with Crippen LogP contribution in [-0.4, -0.2) is 44.2 Å². The van der Waals surface area contributed by atoms with Crippen molar-refractivity contribution in [1.82, 2.24) is 0 Å². The molecular formula is C25H23N3O8. The molecule has 0 radical (unpaired) electrons. The van der Waals surface area contributed by atoms with Gasteiger partial charge in [0.2, 0.25) is 0 Å². The zero-order valence-corrected chi connectivity index (χ0v) is 19.7. The molecule has 0 spiro atoms. The predicted octanol–water partition coefficient (Wildman–Crippen LogP) is 3.48. The number of hydrogen-bond acceptors (Lipinski definition) is 10. The van der Waals surface area contributed by atoms with E-state index in [0.29, 0.717) is 11.4 Å². The summed E-state index contributed by atoms with van der Waals surface area (Å²) in [6, 6.07) is 10.9. The van der Waals surface area contributed by atoms with Crippen molar-refractivity contribution in [3.63, 3.8) is 0 Å². The second-order valence-corrected chi connectivity index (χ2v) is 7.31. The Hall–Kier alpha value is -4.93. The standard InChI is InChI=1S/C25H23N3O8/c1-34-23(29)19-6-4-5-13-27(22(19)25(31)36-3)17-9-7-16(8-10-17)15-26-21-12-11-18(28(32)33)14-20(21)24(30)35-2/h4-14,26H,15H2,1-3H3. The third-order valence-corrected chi connectivity index (χ3v) is 5.21. The minimum absolute atomic E-state index is 0.00572.